The zero-order chi connectivity index (χ0) is 23.4. The summed E-state index contributed by atoms with van der Waals surface area (Å²) in [6.45, 7) is 12.6. The molecule has 0 saturated carbocycles. The van der Waals surface area contributed by atoms with Gasteiger partial charge in [0.1, 0.15) is 11.6 Å². The van der Waals surface area contributed by atoms with Crippen molar-refractivity contribution in [3.63, 3.8) is 0 Å². The molecule has 0 amide bonds. The monoisotopic (exact) mass is 440 g/mol. The highest BCUT2D eigenvalue weighted by atomic mass is 16.5. The van der Waals surface area contributed by atoms with Crippen LogP contribution in [0.25, 0.3) is 11.0 Å². The molecule has 1 unspecified atom stereocenters. The molecule has 0 aliphatic carbocycles. The minimum Gasteiger partial charge on any atom is -0.494 e. The number of aromatic nitrogens is 2. The number of aryl methyl sites for hydroxylation is 3. The Labute approximate surface area is 198 Å². The Hall–Kier alpha value is -3.07. The summed E-state index contributed by atoms with van der Waals surface area (Å²) in [5.41, 5.74) is 7.44. The summed E-state index contributed by atoms with van der Waals surface area (Å²) < 4.78 is 8.46. The van der Waals surface area contributed by atoms with Gasteiger partial charge in [-0.1, -0.05) is 63.2 Å². The molecule has 4 aromatic rings. The average Bonchev–Trinajstić information content (AvgIpc) is 3.14. The first kappa shape index (κ1) is 23.1. The average molecular weight is 441 g/mol. The highest BCUT2D eigenvalue weighted by Gasteiger charge is 2.18. The van der Waals surface area contributed by atoms with E-state index < -0.39 is 0 Å². The summed E-state index contributed by atoms with van der Waals surface area (Å²) >= 11 is 0. The Balaban J connectivity index is 1.51. The molecule has 33 heavy (non-hydrogen) atoms. The van der Waals surface area contributed by atoms with Crippen LogP contribution < -0.4 is 4.74 Å². The lowest BCUT2D eigenvalue weighted by Gasteiger charge is -2.16. The van der Waals surface area contributed by atoms with Crippen molar-refractivity contribution in [1.82, 2.24) is 9.55 Å². The summed E-state index contributed by atoms with van der Waals surface area (Å²) in [7, 11) is 0. The van der Waals surface area contributed by atoms with E-state index in [-0.39, 0.29) is 5.92 Å². The van der Waals surface area contributed by atoms with E-state index in [1.807, 2.05) is 0 Å². The highest BCUT2D eigenvalue weighted by molar-refractivity contribution is 5.76. The van der Waals surface area contributed by atoms with Crippen molar-refractivity contribution in [3.05, 3.63) is 94.8 Å². The van der Waals surface area contributed by atoms with E-state index in [9.17, 15) is 0 Å². The lowest BCUT2D eigenvalue weighted by atomic mass is 9.96. The third-order valence-electron chi connectivity index (χ3n) is 6.19. The number of hydrogen-bond donors (Lipinski definition) is 0. The first-order valence-corrected chi connectivity index (χ1v) is 12.2. The molecule has 1 heterocycles. The van der Waals surface area contributed by atoms with Gasteiger partial charge in [-0.3, -0.25) is 0 Å². The predicted octanol–water partition coefficient (Wildman–Crippen LogP) is 7.47. The summed E-state index contributed by atoms with van der Waals surface area (Å²) in [6, 6.07) is 23.9. The largest absolute Gasteiger partial charge is 0.494 e. The van der Waals surface area contributed by atoms with Gasteiger partial charge in [0.25, 0.3) is 0 Å². The number of ether oxygens (including phenoxy) is 1. The van der Waals surface area contributed by atoms with Crippen molar-refractivity contribution in [3.8, 4) is 5.75 Å². The van der Waals surface area contributed by atoms with E-state index in [1.54, 1.807) is 0 Å². The Morgan fingerprint density at radius 2 is 1.58 bits per heavy atom. The molecule has 3 nitrogen and oxygen atoms in total. The van der Waals surface area contributed by atoms with E-state index in [0.717, 1.165) is 36.5 Å². The molecule has 0 spiro atoms. The number of hydrogen-bond acceptors (Lipinski definition) is 2. The Morgan fingerprint density at radius 1 is 0.879 bits per heavy atom. The fourth-order valence-electron chi connectivity index (χ4n) is 4.65. The molecule has 0 fully saturated rings. The van der Waals surface area contributed by atoms with Gasteiger partial charge in [0.05, 0.1) is 17.6 Å². The smallest absolute Gasteiger partial charge is 0.119 e. The van der Waals surface area contributed by atoms with Crippen LogP contribution in [-0.2, 0) is 13.0 Å². The normalized spacial score (nSPS) is 12.4. The Bertz CT molecular complexity index is 1180. The van der Waals surface area contributed by atoms with Gasteiger partial charge in [-0.2, -0.15) is 0 Å². The molecule has 3 aromatic carbocycles. The molecule has 3 heteroatoms. The van der Waals surface area contributed by atoms with E-state index in [4.69, 9.17) is 9.72 Å². The molecule has 0 bridgehead atoms. The molecular formula is C30H36N2O. The summed E-state index contributed by atoms with van der Waals surface area (Å²) in [4.78, 5) is 5.04. The van der Waals surface area contributed by atoms with Gasteiger partial charge < -0.3 is 9.30 Å². The van der Waals surface area contributed by atoms with Crippen molar-refractivity contribution < 1.29 is 4.74 Å². The van der Waals surface area contributed by atoms with Crippen LogP contribution in [0.5, 0.6) is 5.75 Å². The van der Waals surface area contributed by atoms with Gasteiger partial charge in [0, 0.05) is 12.5 Å². The van der Waals surface area contributed by atoms with Gasteiger partial charge in [-0.25, -0.2) is 4.98 Å². The standard InChI is InChI=1S/C30H36N2O/c1-21(2)17-25-11-13-26(14-12-25)24(5)30-31-28-9-6-7-10-29(28)32(30)15-8-16-33-27-19-22(3)18-23(4)20-27/h6-7,9-14,18-21,24H,8,15-17H2,1-5H3. The van der Waals surface area contributed by atoms with Crippen molar-refractivity contribution in [2.75, 3.05) is 6.61 Å². The SMILES string of the molecule is Cc1cc(C)cc(OCCCn2c(C(C)c3ccc(CC(C)C)cc3)nc3ccccc32)c1. The molecule has 0 aliphatic rings. The maximum Gasteiger partial charge on any atom is 0.119 e. The van der Waals surface area contributed by atoms with Crippen molar-refractivity contribution in [1.29, 1.82) is 0 Å². The molecular weight excluding hydrogens is 404 g/mol. The van der Waals surface area contributed by atoms with Gasteiger partial charge in [0.2, 0.25) is 0 Å². The fourth-order valence-corrected chi connectivity index (χ4v) is 4.65. The maximum atomic E-state index is 6.07. The number of benzene rings is 3. The van der Waals surface area contributed by atoms with Crippen LogP contribution in [0.1, 0.15) is 61.2 Å². The van der Waals surface area contributed by atoms with Crippen LogP contribution in [0, 0.1) is 19.8 Å². The quantitative estimate of drug-likeness (QED) is 0.252. The lowest BCUT2D eigenvalue weighted by Crippen LogP contribution is -2.11. The second kappa shape index (κ2) is 10.2. The van der Waals surface area contributed by atoms with Crippen LogP contribution >= 0.6 is 0 Å². The zero-order valence-corrected chi connectivity index (χ0v) is 20.6. The molecule has 4 rings (SSSR count). The molecule has 172 valence electrons. The van der Waals surface area contributed by atoms with E-state index in [0.29, 0.717) is 12.5 Å². The fraction of sp³-hybridized carbons (Fsp3) is 0.367. The van der Waals surface area contributed by atoms with Crippen LogP contribution in [0.2, 0.25) is 0 Å². The molecule has 0 radical (unpaired) electrons. The number of rotatable bonds is 9. The van der Waals surface area contributed by atoms with Gasteiger partial charge in [-0.15, -0.1) is 0 Å². The summed E-state index contributed by atoms with van der Waals surface area (Å²) in [5.74, 6) is 2.98. The van der Waals surface area contributed by atoms with Gasteiger partial charge in [0.15, 0.2) is 0 Å². The maximum absolute atomic E-state index is 6.07. The number of para-hydroxylation sites is 2. The molecule has 0 N–H and O–H groups in total. The minimum atomic E-state index is 0.228. The molecule has 1 atom stereocenters. The zero-order valence-electron chi connectivity index (χ0n) is 20.6. The van der Waals surface area contributed by atoms with Gasteiger partial charge >= 0.3 is 0 Å². The molecule has 1 aromatic heterocycles. The second-order valence-corrected chi connectivity index (χ2v) is 9.70. The third-order valence-corrected chi connectivity index (χ3v) is 6.19. The predicted molar refractivity (Wildman–Crippen MR) is 138 cm³/mol. The van der Waals surface area contributed by atoms with Crippen LogP contribution in [0.4, 0.5) is 0 Å². The Kier molecular flexibility index (Phi) is 7.17. The highest BCUT2D eigenvalue weighted by Crippen LogP contribution is 2.28. The summed E-state index contributed by atoms with van der Waals surface area (Å²) in [5, 5.41) is 0. The Morgan fingerprint density at radius 3 is 2.27 bits per heavy atom. The minimum absolute atomic E-state index is 0.228. The number of imidazole rings is 1. The van der Waals surface area contributed by atoms with E-state index >= 15 is 0 Å². The third kappa shape index (κ3) is 5.65. The van der Waals surface area contributed by atoms with Crippen molar-refractivity contribution in [2.45, 2.75) is 59.9 Å². The number of fused-ring (bicyclic) bond motifs is 1. The van der Waals surface area contributed by atoms with Crippen LogP contribution in [0.3, 0.4) is 0 Å². The summed E-state index contributed by atoms with van der Waals surface area (Å²) in [6.07, 6.45) is 2.05. The first-order chi connectivity index (χ1) is 15.9. The van der Waals surface area contributed by atoms with Crippen LogP contribution in [-0.4, -0.2) is 16.2 Å². The molecule has 0 saturated heterocycles. The topological polar surface area (TPSA) is 27.1 Å². The van der Waals surface area contributed by atoms with Crippen LogP contribution in [0.15, 0.2) is 66.7 Å². The lowest BCUT2D eigenvalue weighted by molar-refractivity contribution is 0.301. The second-order valence-electron chi connectivity index (χ2n) is 9.70. The van der Waals surface area contributed by atoms with E-state index in [1.165, 1.54) is 27.8 Å². The molecule has 0 aliphatic heterocycles. The number of nitrogens with zero attached hydrogens (tertiary/aromatic N) is 2. The van der Waals surface area contributed by atoms with Crippen molar-refractivity contribution >= 4 is 11.0 Å². The first-order valence-electron chi connectivity index (χ1n) is 12.2. The van der Waals surface area contributed by atoms with E-state index in [2.05, 4.69) is 106 Å². The van der Waals surface area contributed by atoms with Gasteiger partial charge in [-0.05, 0) is 79.1 Å². The van der Waals surface area contributed by atoms with Crippen molar-refractivity contribution in [2.24, 2.45) is 5.92 Å².